The quantitative estimate of drug-likeness (QED) is 0.312. The number of hydrogen-bond donors (Lipinski definition) is 0. The molecule has 0 aliphatic heterocycles. The van der Waals surface area contributed by atoms with Crippen molar-refractivity contribution in [3.63, 3.8) is 0 Å². The van der Waals surface area contributed by atoms with Crippen LogP contribution in [0.3, 0.4) is 0 Å². The zero-order chi connectivity index (χ0) is 11.4. The zero-order valence-corrected chi connectivity index (χ0v) is 10.1. The SMILES string of the molecule is C=CC=CCCCCC(OCC)OCC. The van der Waals surface area contributed by atoms with E-state index in [0.29, 0.717) is 0 Å². The smallest absolute Gasteiger partial charge is 0.157 e. The van der Waals surface area contributed by atoms with Crippen molar-refractivity contribution in [1.82, 2.24) is 0 Å². The average Bonchev–Trinajstić information content (AvgIpc) is 2.24. The summed E-state index contributed by atoms with van der Waals surface area (Å²) in [7, 11) is 0. The van der Waals surface area contributed by atoms with E-state index in [-0.39, 0.29) is 6.29 Å². The van der Waals surface area contributed by atoms with Crippen LogP contribution in [0.4, 0.5) is 0 Å². The van der Waals surface area contributed by atoms with Gasteiger partial charge in [0.05, 0.1) is 0 Å². The van der Waals surface area contributed by atoms with Crippen LogP contribution in [0.1, 0.15) is 39.5 Å². The third-order valence-corrected chi connectivity index (χ3v) is 2.04. The normalized spacial score (nSPS) is 11.4. The molecule has 0 aliphatic rings. The summed E-state index contributed by atoms with van der Waals surface area (Å²) in [6.45, 7) is 9.07. The fourth-order valence-corrected chi connectivity index (χ4v) is 1.35. The van der Waals surface area contributed by atoms with Gasteiger partial charge in [0.1, 0.15) is 0 Å². The molecule has 0 unspecified atom stereocenters. The Morgan fingerprint density at radius 1 is 1.13 bits per heavy atom. The molecule has 0 atom stereocenters. The van der Waals surface area contributed by atoms with Gasteiger partial charge in [-0.1, -0.05) is 24.8 Å². The van der Waals surface area contributed by atoms with E-state index in [9.17, 15) is 0 Å². The van der Waals surface area contributed by atoms with Gasteiger partial charge in [0.15, 0.2) is 6.29 Å². The van der Waals surface area contributed by atoms with Crippen LogP contribution < -0.4 is 0 Å². The van der Waals surface area contributed by atoms with Gasteiger partial charge in [-0.15, -0.1) is 0 Å². The molecule has 0 fully saturated rings. The highest BCUT2D eigenvalue weighted by atomic mass is 16.7. The second-order valence-electron chi connectivity index (χ2n) is 3.29. The van der Waals surface area contributed by atoms with Crippen LogP contribution in [0.5, 0.6) is 0 Å². The molecule has 0 aromatic carbocycles. The molecule has 0 N–H and O–H groups in total. The minimum absolute atomic E-state index is 0.0108. The van der Waals surface area contributed by atoms with Crippen LogP contribution in [-0.4, -0.2) is 19.5 Å². The average molecular weight is 212 g/mol. The molecule has 0 radical (unpaired) electrons. The van der Waals surface area contributed by atoms with Crippen molar-refractivity contribution in [2.45, 2.75) is 45.8 Å². The van der Waals surface area contributed by atoms with Crippen LogP contribution in [0.25, 0.3) is 0 Å². The maximum absolute atomic E-state index is 5.45. The second-order valence-corrected chi connectivity index (χ2v) is 3.29. The molecule has 2 heteroatoms. The van der Waals surface area contributed by atoms with Gasteiger partial charge in [-0.05, 0) is 39.5 Å². The number of unbranched alkanes of at least 4 members (excludes halogenated alkanes) is 2. The molecule has 0 rings (SSSR count). The van der Waals surface area contributed by atoms with Crippen LogP contribution in [-0.2, 0) is 9.47 Å². The van der Waals surface area contributed by atoms with Gasteiger partial charge in [0.2, 0.25) is 0 Å². The van der Waals surface area contributed by atoms with E-state index < -0.39 is 0 Å². The van der Waals surface area contributed by atoms with E-state index in [4.69, 9.17) is 9.47 Å². The second kappa shape index (κ2) is 11.5. The molecule has 0 aromatic heterocycles. The minimum Gasteiger partial charge on any atom is -0.353 e. The Bertz CT molecular complexity index is 158. The first-order chi connectivity index (χ1) is 7.35. The molecule has 0 aromatic rings. The van der Waals surface area contributed by atoms with Crippen LogP contribution in [0.2, 0.25) is 0 Å². The Morgan fingerprint density at radius 3 is 2.33 bits per heavy atom. The molecular formula is C13H24O2. The highest BCUT2D eigenvalue weighted by Crippen LogP contribution is 2.08. The monoisotopic (exact) mass is 212 g/mol. The summed E-state index contributed by atoms with van der Waals surface area (Å²) in [5, 5.41) is 0. The van der Waals surface area contributed by atoms with Gasteiger partial charge >= 0.3 is 0 Å². The first-order valence-electron chi connectivity index (χ1n) is 5.85. The number of hydrogen-bond acceptors (Lipinski definition) is 2. The molecular weight excluding hydrogens is 188 g/mol. The maximum atomic E-state index is 5.45. The highest BCUT2D eigenvalue weighted by Gasteiger charge is 2.06. The summed E-state index contributed by atoms with van der Waals surface area (Å²) in [5.41, 5.74) is 0. The maximum Gasteiger partial charge on any atom is 0.157 e. The standard InChI is InChI=1S/C13H24O2/c1-4-7-8-9-10-11-12-13(14-5-2)15-6-3/h4,7-8,13H,1,5-6,9-12H2,2-3H3. The minimum atomic E-state index is -0.0108. The molecule has 0 aliphatic carbocycles. The summed E-state index contributed by atoms with van der Waals surface area (Å²) >= 11 is 0. The lowest BCUT2D eigenvalue weighted by Crippen LogP contribution is -2.17. The third kappa shape index (κ3) is 9.70. The number of ether oxygens (including phenoxy) is 2. The molecule has 0 amide bonds. The molecule has 0 spiro atoms. The van der Waals surface area contributed by atoms with Crippen LogP contribution in [0, 0.1) is 0 Å². The lowest BCUT2D eigenvalue weighted by molar-refractivity contribution is -0.140. The Hall–Kier alpha value is -0.600. The Kier molecular flexibility index (Phi) is 11.0. The van der Waals surface area contributed by atoms with Gasteiger partial charge in [0.25, 0.3) is 0 Å². The largest absolute Gasteiger partial charge is 0.353 e. The number of rotatable bonds is 10. The van der Waals surface area contributed by atoms with Crippen molar-refractivity contribution < 1.29 is 9.47 Å². The third-order valence-electron chi connectivity index (χ3n) is 2.04. The molecule has 15 heavy (non-hydrogen) atoms. The van der Waals surface area contributed by atoms with Gasteiger partial charge in [0, 0.05) is 13.2 Å². The molecule has 0 heterocycles. The Labute approximate surface area is 94.0 Å². The lowest BCUT2D eigenvalue weighted by Gasteiger charge is -2.16. The number of allylic oxidation sites excluding steroid dienone is 3. The van der Waals surface area contributed by atoms with Gasteiger partial charge in [-0.25, -0.2) is 0 Å². The van der Waals surface area contributed by atoms with Crippen molar-refractivity contribution in [2.24, 2.45) is 0 Å². The van der Waals surface area contributed by atoms with E-state index in [1.54, 1.807) is 0 Å². The fourth-order valence-electron chi connectivity index (χ4n) is 1.35. The summed E-state index contributed by atoms with van der Waals surface area (Å²) in [6.07, 6.45) is 10.4. The predicted octanol–water partition coefficient (Wildman–Crippen LogP) is 3.69. The van der Waals surface area contributed by atoms with Gasteiger partial charge < -0.3 is 9.47 Å². The topological polar surface area (TPSA) is 18.5 Å². The summed E-state index contributed by atoms with van der Waals surface area (Å²) in [5.74, 6) is 0. The Morgan fingerprint density at radius 2 is 1.80 bits per heavy atom. The van der Waals surface area contributed by atoms with Crippen molar-refractivity contribution >= 4 is 0 Å². The van der Waals surface area contributed by atoms with E-state index in [1.165, 1.54) is 6.42 Å². The van der Waals surface area contributed by atoms with Gasteiger partial charge in [-0.3, -0.25) is 0 Å². The van der Waals surface area contributed by atoms with Crippen LogP contribution >= 0.6 is 0 Å². The highest BCUT2D eigenvalue weighted by molar-refractivity contribution is 4.96. The van der Waals surface area contributed by atoms with E-state index in [0.717, 1.165) is 32.5 Å². The first kappa shape index (κ1) is 14.4. The van der Waals surface area contributed by atoms with E-state index in [1.807, 2.05) is 26.0 Å². The van der Waals surface area contributed by atoms with Crippen molar-refractivity contribution in [1.29, 1.82) is 0 Å². The first-order valence-corrected chi connectivity index (χ1v) is 5.85. The lowest BCUT2D eigenvalue weighted by atomic mass is 10.2. The van der Waals surface area contributed by atoms with E-state index in [2.05, 4.69) is 12.7 Å². The fraction of sp³-hybridized carbons (Fsp3) is 0.692. The summed E-state index contributed by atoms with van der Waals surface area (Å²) in [6, 6.07) is 0. The predicted molar refractivity (Wildman–Crippen MR) is 64.8 cm³/mol. The molecule has 0 saturated carbocycles. The van der Waals surface area contributed by atoms with Crippen molar-refractivity contribution in [3.8, 4) is 0 Å². The summed E-state index contributed by atoms with van der Waals surface area (Å²) in [4.78, 5) is 0. The Balaban J connectivity index is 3.43. The van der Waals surface area contributed by atoms with E-state index >= 15 is 0 Å². The molecule has 0 saturated heterocycles. The molecule has 0 bridgehead atoms. The summed E-state index contributed by atoms with van der Waals surface area (Å²) < 4.78 is 10.9. The van der Waals surface area contributed by atoms with Gasteiger partial charge in [-0.2, -0.15) is 0 Å². The molecule has 88 valence electrons. The van der Waals surface area contributed by atoms with Crippen molar-refractivity contribution in [2.75, 3.05) is 13.2 Å². The zero-order valence-electron chi connectivity index (χ0n) is 10.1. The van der Waals surface area contributed by atoms with Crippen molar-refractivity contribution in [3.05, 3.63) is 24.8 Å². The molecule has 2 nitrogen and oxygen atoms in total. The van der Waals surface area contributed by atoms with Crippen LogP contribution in [0.15, 0.2) is 24.8 Å².